The summed E-state index contributed by atoms with van der Waals surface area (Å²) in [5.74, 6) is -6.59. The van der Waals surface area contributed by atoms with Crippen molar-refractivity contribution in [3.05, 3.63) is 65.8 Å². The number of imidazole rings is 1. The maximum absolute atomic E-state index is 14.7. The molecule has 3 aromatic heterocycles. The molecule has 4 fully saturated rings. The number of morpholine rings is 1. The number of carbonyl (C=O) groups excluding carboxylic acids is 5. The maximum Gasteiger partial charge on any atom is 0.329 e. The molecule has 23 nitrogen and oxygen atoms in total. The second-order valence-corrected chi connectivity index (χ2v) is 27.1. The molecule has 23 heteroatoms. The normalized spacial score (nSPS) is 32.9. The number of methoxy groups -OCH3 is 2. The van der Waals surface area contributed by atoms with Gasteiger partial charge in [0.2, 0.25) is 17.7 Å². The molecule has 0 aromatic carbocycles. The smallest absolute Gasteiger partial charge is 0.329 e. The first-order valence-corrected chi connectivity index (χ1v) is 33.8. The second-order valence-electron chi connectivity index (χ2n) is 27.1. The molecular formula is C70H103N9O14. The largest absolute Gasteiger partial charge is 0.460 e. The lowest BCUT2D eigenvalue weighted by atomic mass is 9.78. The SMILES string of the molecule is CO[C@@H]1C[C@@H](CC(C)[C@@H]2CC(=O)[C@H](C)/C=C(\C)[C@@H](O)[C@@H](OC)C(=O)[C@H](C)C[C@H](C)/C=C/C=C/C=C(/C)[C@@H](OCCCNc3ncc(-c4nc(N5CCOCC5)nc5c4nc(C)n5C(C)C)cn3)C[C@@H]3CC[C@@H](C)[C@@](O)(O3)C(=O)C(=O)N3CCCC[C@H]3C(=O)O2)CC[C@H]1O. The molecule has 1 saturated carbocycles. The number of nitrogens with zero attached hydrogens (tertiary/aromatic N) is 8. The summed E-state index contributed by atoms with van der Waals surface area (Å²) in [4.78, 5) is 99.9. The van der Waals surface area contributed by atoms with Crippen LogP contribution in [-0.2, 0) is 52.4 Å². The van der Waals surface area contributed by atoms with Crippen molar-refractivity contribution in [3.8, 4) is 11.3 Å². The van der Waals surface area contributed by atoms with Gasteiger partial charge in [-0.3, -0.25) is 19.2 Å². The molecule has 15 atom stereocenters. The molecule has 0 spiro atoms. The summed E-state index contributed by atoms with van der Waals surface area (Å²) >= 11 is 0. The highest BCUT2D eigenvalue weighted by Gasteiger charge is 2.53. The Kier molecular flexibility index (Phi) is 26.1. The molecule has 4 aliphatic heterocycles. The number of carbonyl (C=O) groups is 5. The van der Waals surface area contributed by atoms with Gasteiger partial charge >= 0.3 is 5.97 Å². The van der Waals surface area contributed by atoms with Crippen molar-refractivity contribution in [2.24, 2.45) is 35.5 Å². The van der Waals surface area contributed by atoms with Crippen molar-refractivity contribution in [1.29, 1.82) is 0 Å². The summed E-state index contributed by atoms with van der Waals surface area (Å²) in [5.41, 5.74) is 3.97. The van der Waals surface area contributed by atoms with Crippen molar-refractivity contribution in [3.63, 3.8) is 0 Å². The molecule has 3 aromatic rings. The number of piperidine rings is 1. The third kappa shape index (κ3) is 18.2. The van der Waals surface area contributed by atoms with E-state index < -0.39 is 83.9 Å². The lowest BCUT2D eigenvalue weighted by molar-refractivity contribution is -0.266. The lowest BCUT2D eigenvalue weighted by Crippen LogP contribution is -2.61. The van der Waals surface area contributed by atoms with Gasteiger partial charge in [-0.2, -0.15) is 4.98 Å². The summed E-state index contributed by atoms with van der Waals surface area (Å²) in [6, 6.07) is -1.07. The third-order valence-corrected chi connectivity index (χ3v) is 19.6. The molecule has 8 rings (SSSR count). The van der Waals surface area contributed by atoms with Crippen LogP contribution in [0.1, 0.15) is 158 Å². The standard InChI is InChI=1S/C70H103N9O14/c1-41(2)79-49(10)74-60-59(75-69(76-65(60)79)77-28-31-90-32-29-77)51-39-72-68(73-40-51)71-26-18-30-91-56-37-52-24-22-48(9)70(87,93-52)64(84)66(85)78-27-17-16-21-53(78)67(86)92-57(45(6)35-50-23-25-54(80)58(36-50)88-11)38-55(81)44(5)34-47(8)62(83)63(89-12)61(82)46(7)33-42(3)19-14-13-15-20-43(56)4/h13-15,19-20,34,39-42,44-46,48,50,52-54,56-58,62-63,80,83,87H,16-18,21-33,35-38H2,1-12H3,(H,71,72,73)/b15-13+,19-14+,43-20-,47-34+/t42-,44-,45?,46-,48-,50-,52+,53+,54-,56+,57+,58-,62-,63+,70-/m1/s1. The van der Waals surface area contributed by atoms with E-state index in [0.29, 0.717) is 138 Å². The predicted molar refractivity (Wildman–Crippen MR) is 352 cm³/mol. The van der Waals surface area contributed by atoms with Crippen molar-refractivity contribution in [2.45, 2.75) is 213 Å². The van der Waals surface area contributed by atoms with Crippen LogP contribution in [0, 0.1) is 42.4 Å². The Hall–Kier alpha value is -6.18. The van der Waals surface area contributed by atoms with Crippen LogP contribution in [0.2, 0.25) is 0 Å². The number of hydrogen-bond acceptors (Lipinski definition) is 21. The molecule has 1 unspecified atom stereocenters. The van der Waals surface area contributed by atoms with E-state index in [1.165, 1.54) is 12.0 Å². The number of cyclic esters (lactones) is 1. The second kappa shape index (κ2) is 33.5. The molecule has 3 saturated heterocycles. The fourth-order valence-electron chi connectivity index (χ4n) is 13.9. The Bertz CT molecular complexity index is 3160. The Morgan fingerprint density at radius 1 is 0.828 bits per heavy atom. The summed E-state index contributed by atoms with van der Waals surface area (Å²) in [6.45, 7) is 22.2. The van der Waals surface area contributed by atoms with Crippen LogP contribution in [0.4, 0.5) is 11.9 Å². The minimum Gasteiger partial charge on any atom is -0.460 e. The van der Waals surface area contributed by atoms with Crippen molar-refractivity contribution >= 4 is 52.3 Å². The molecule has 5 aliphatic rings. The number of ether oxygens (including phenoxy) is 6. The van der Waals surface area contributed by atoms with E-state index in [2.05, 4.69) is 38.6 Å². The number of amides is 1. The van der Waals surface area contributed by atoms with Gasteiger partial charge in [0.1, 0.15) is 47.2 Å². The number of rotatable bonds is 14. The number of anilines is 2. The maximum atomic E-state index is 14.7. The van der Waals surface area contributed by atoms with Crippen LogP contribution in [0.3, 0.4) is 0 Å². The molecule has 4 N–H and O–H groups in total. The number of aliphatic hydroxyl groups is 3. The summed E-state index contributed by atoms with van der Waals surface area (Å²) < 4.78 is 38.4. The van der Waals surface area contributed by atoms with E-state index in [4.69, 9.17) is 43.4 Å². The summed E-state index contributed by atoms with van der Waals surface area (Å²) in [5, 5.41) is 38.0. The number of aryl methyl sites for hydroxylation is 1. The van der Waals surface area contributed by atoms with E-state index in [9.17, 15) is 39.3 Å². The van der Waals surface area contributed by atoms with Crippen molar-refractivity contribution in [1.82, 2.24) is 34.4 Å². The number of allylic oxidation sites excluding steroid dienone is 6. The summed E-state index contributed by atoms with van der Waals surface area (Å²) in [7, 11) is 2.94. The third-order valence-electron chi connectivity index (χ3n) is 19.6. The zero-order valence-corrected chi connectivity index (χ0v) is 56.8. The summed E-state index contributed by atoms with van der Waals surface area (Å²) in [6.07, 6.45) is 14.4. The fourth-order valence-corrected chi connectivity index (χ4v) is 13.9. The number of aromatic nitrogens is 6. The topological polar surface area (TPSA) is 289 Å². The van der Waals surface area contributed by atoms with Gasteiger partial charge in [-0.25, -0.2) is 24.7 Å². The zero-order chi connectivity index (χ0) is 67.3. The van der Waals surface area contributed by atoms with Gasteiger partial charge in [0, 0.05) is 102 Å². The lowest BCUT2D eigenvalue weighted by Gasteiger charge is -2.43. The molecular weight excluding hydrogens is 1190 g/mol. The van der Waals surface area contributed by atoms with Crippen LogP contribution < -0.4 is 10.2 Å². The van der Waals surface area contributed by atoms with Crippen LogP contribution >= 0.6 is 0 Å². The first-order chi connectivity index (χ1) is 44.4. The van der Waals surface area contributed by atoms with Crippen LogP contribution in [0.25, 0.3) is 22.4 Å². The first-order valence-electron chi connectivity index (χ1n) is 33.8. The molecule has 7 heterocycles. The quantitative estimate of drug-likeness (QED) is 0.0510. The highest BCUT2D eigenvalue weighted by molar-refractivity contribution is 6.39. The minimum atomic E-state index is -2.52. The molecule has 0 radical (unpaired) electrons. The average Bonchev–Trinajstić information content (AvgIpc) is 1.77. The number of hydrogen-bond donors (Lipinski definition) is 4. The minimum absolute atomic E-state index is 0.0369. The number of Topliss-reactive ketones (excluding diaryl/α,β-unsaturated/α-hetero) is 3. The monoisotopic (exact) mass is 1290 g/mol. The van der Waals surface area contributed by atoms with Gasteiger partial charge in [-0.05, 0) is 134 Å². The van der Waals surface area contributed by atoms with Gasteiger partial charge in [0.15, 0.2) is 11.4 Å². The molecule has 512 valence electrons. The number of nitrogens with one attached hydrogen (secondary N) is 1. The average molecular weight is 1290 g/mol. The Morgan fingerprint density at radius 2 is 1.57 bits per heavy atom. The van der Waals surface area contributed by atoms with E-state index in [1.54, 1.807) is 46.4 Å². The number of ketones is 3. The molecule has 2 bridgehead atoms. The van der Waals surface area contributed by atoms with Crippen LogP contribution in [0.15, 0.2) is 60.0 Å². The van der Waals surface area contributed by atoms with Crippen molar-refractivity contribution < 1.29 is 67.7 Å². The highest BCUT2D eigenvalue weighted by atomic mass is 16.6. The molecule has 93 heavy (non-hydrogen) atoms. The van der Waals surface area contributed by atoms with E-state index >= 15 is 0 Å². The highest BCUT2D eigenvalue weighted by Crippen LogP contribution is 2.39. The van der Waals surface area contributed by atoms with Crippen LogP contribution in [-0.4, -0.2) is 194 Å². The van der Waals surface area contributed by atoms with Gasteiger partial charge in [-0.1, -0.05) is 71.1 Å². The van der Waals surface area contributed by atoms with Gasteiger partial charge < -0.3 is 63.4 Å². The van der Waals surface area contributed by atoms with Gasteiger partial charge in [-0.15, -0.1) is 0 Å². The first kappa shape index (κ1) is 72.6. The number of aliphatic hydroxyl groups excluding tert-OH is 2. The van der Waals surface area contributed by atoms with Crippen LogP contribution in [0.5, 0.6) is 0 Å². The van der Waals surface area contributed by atoms with E-state index in [1.807, 2.05) is 65.0 Å². The van der Waals surface area contributed by atoms with Gasteiger partial charge in [0.25, 0.3) is 11.7 Å². The van der Waals surface area contributed by atoms with Gasteiger partial charge in [0.05, 0.1) is 37.6 Å². The number of fused-ring (bicyclic) bond motifs is 4. The molecule has 1 aliphatic carbocycles. The Labute approximate surface area is 548 Å². The Morgan fingerprint density at radius 3 is 2.28 bits per heavy atom. The fraction of sp³-hybridized carbons (Fsp3) is 0.686. The van der Waals surface area contributed by atoms with E-state index in [-0.39, 0.29) is 67.3 Å². The molecule has 1 amide bonds. The predicted octanol–water partition coefficient (Wildman–Crippen LogP) is 8.38. The zero-order valence-electron chi connectivity index (χ0n) is 56.8. The number of esters is 1. The van der Waals surface area contributed by atoms with E-state index in [0.717, 1.165) is 17.0 Å². The van der Waals surface area contributed by atoms with Crippen molar-refractivity contribution in [2.75, 3.05) is 70.4 Å². The Balaban J connectivity index is 1.01.